The molecule has 0 bridgehead atoms. The van der Waals surface area contributed by atoms with Crippen molar-refractivity contribution < 1.29 is 5.11 Å². The number of hydrogen-bond donors (Lipinski definition) is 3. The standard InChI is InChI=1S/C8H15N5O.ClH/c1-6(14)5-13(2)8-4-3-7(10-9)11-12-8;/h3-4,6,14H,5,9H2,1-2H3,(H,10,11);1H. The third-order valence-corrected chi connectivity index (χ3v) is 1.73. The highest BCUT2D eigenvalue weighted by molar-refractivity contribution is 5.85. The Morgan fingerprint density at radius 2 is 2.20 bits per heavy atom. The topological polar surface area (TPSA) is 87.3 Å². The predicted octanol–water partition coefficient (Wildman–Crippen LogP) is 0.00100. The highest BCUT2D eigenvalue weighted by Gasteiger charge is 2.05. The smallest absolute Gasteiger partial charge is 0.162 e. The van der Waals surface area contributed by atoms with Gasteiger partial charge in [0, 0.05) is 13.6 Å². The van der Waals surface area contributed by atoms with Gasteiger partial charge in [0.2, 0.25) is 0 Å². The number of anilines is 2. The van der Waals surface area contributed by atoms with Crippen LogP contribution in [-0.4, -0.2) is 35.0 Å². The van der Waals surface area contributed by atoms with Crippen LogP contribution in [0.3, 0.4) is 0 Å². The minimum atomic E-state index is -0.394. The normalized spacial score (nSPS) is 11.5. The van der Waals surface area contributed by atoms with Crippen molar-refractivity contribution in [2.45, 2.75) is 13.0 Å². The van der Waals surface area contributed by atoms with Gasteiger partial charge in [-0.3, -0.25) is 0 Å². The summed E-state index contributed by atoms with van der Waals surface area (Å²) in [4.78, 5) is 1.82. The maximum atomic E-state index is 9.16. The molecular weight excluding hydrogens is 218 g/mol. The van der Waals surface area contributed by atoms with Crippen molar-refractivity contribution in [2.75, 3.05) is 23.9 Å². The molecule has 1 unspecified atom stereocenters. The lowest BCUT2D eigenvalue weighted by Gasteiger charge is -2.18. The number of nitrogens with zero attached hydrogens (tertiary/aromatic N) is 3. The van der Waals surface area contributed by atoms with Gasteiger partial charge in [0.1, 0.15) is 0 Å². The zero-order valence-electron chi connectivity index (χ0n) is 8.71. The molecule has 4 N–H and O–H groups in total. The molecule has 0 saturated carbocycles. The molecule has 0 radical (unpaired) electrons. The number of rotatable bonds is 4. The Kier molecular flexibility index (Phi) is 5.92. The average Bonchev–Trinajstić information content (AvgIpc) is 2.17. The average molecular weight is 234 g/mol. The molecule has 0 aliphatic rings. The lowest BCUT2D eigenvalue weighted by Crippen LogP contribution is -2.27. The molecule has 86 valence electrons. The number of halogens is 1. The van der Waals surface area contributed by atoms with E-state index < -0.39 is 6.10 Å². The summed E-state index contributed by atoms with van der Waals surface area (Å²) in [5, 5.41) is 16.9. The molecule has 6 nitrogen and oxygen atoms in total. The summed E-state index contributed by atoms with van der Waals surface area (Å²) >= 11 is 0. The molecule has 15 heavy (non-hydrogen) atoms. The van der Waals surface area contributed by atoms with Crippen LogP contribution >= 0.6 is 12.4 Å². The van der Waals surface area contributed by atoms with Crippen LogP contribution in [0.1, 0.15) is 6.92 Å². The Hall–Kier alpha value is -1.11. The third-order valence-electron chi connectivity index (χ3n) is 1.73. The fraction of sp³-hybridized carbons (Fsp3) is 0.500. The monoisotopic (exact) mass is 233 g/mol. The number of aromatic nitrogens is 2. The number of hydrazine groups is 1. The van der Waals surface area contributed by atoms with Gasteiger partial charge in [-0.15, -0.1) is 22.6 Å². The van der Waals surface area contributed by atoms with Crippen molar-refractivity contribution >= 4 is 24.0 Å². The van der Waals surface area contributed by atoms with Gasteiger partial charge in [0.25, 0.3) is 0 Å². The van der Waals surface area contributed by atoms with Crippen molar-refractivity contribution in [3.63, 3.8) is 0 Å². The first-order chi connectivity index (χ1) is 6.63. The van der Waals surface area contributed by atoms with Crippen LogP contribution in [0.15, 0.2) is 12.1 Å². The summed E-state index contributed by atoms with van der Waals surface area (Å²) in [5.41, 5.74) is 2.39. The van der Waals surface area contributed by atoms with Gasteiger partial charge in [-0.25, -0.2) is 5.84 Å². The van der Waals surface area contributed by atoms with Crippen molar-refractivity contribution in [1.29, 1.82) is 0 Å². The maximum Gasteiger partial charge on any atom is 0.162 e. The molecule has 1 heterocycles. The minimum absolute atomic E-state index is 0. The molecule has 7 heteroatoms. The third kappa shape index (κ3) is 4.28. The van der Waals surface area contributed by atoms with E-state index in [-0.39, 0.29) is 12.4 Å². The van der Waals surface area contributed by atoms with Gasteiger partial charge < -0.3 is 15.4 Å². The zero-order chi connectivity index (χ0) is 10.6. The van der Waals surface area contributed by atoms with Crippen LogP contribution < -0.4 is 16.2 Å². The summed E-state index contributed by atoms with van der Waals surface area (Å²) in [6, 6.07) is 3.51. The molecule has 0 saturated heterocycles. The molecule has 0 fully saturated rings. The summed E-state index contributed by atoms with van der Waals surface area (Å²) in [7, 11) is 1.84. The number of aliphatic hydroxyl groups excluding tert-OH is 1. The number of nitrogen functional groups attached to an aromatic ring is 1. The lowest BCUT2D eigenvalue weighted by molar-refractivity contribution is 0.201. The second-order valence-electron chi connectivity index (χ2n) is 3.15. The quantitative estimate of drug-likeness (QED) is 0.501. The van der Waals surface area contributed by atoms with Crippen molar-refractivity contribution in [3.05, 3.63) is 12.1 Å². The number of aliphatic hydroxyl groups is 1. The fourth-order valence-corrected chi connectivity index (χ4v) is 1.10. The first-order valence-corrected chi connectivity index (χ1v) is 4.33. The molecular formula is C8H16ClN5O. The number of nitrogens with two attached hydrogens (primary N) is 1. The second-order valence-corrected chi connectivity index (χ2v) is 3.15. The summed E-state index contributed by atoms with van der Waals surface area (Å²) in [6.07, 6.45) is -0.394. The van der Waals surface area contributed by atoms with Crippen molar-refractivity contribution in [1.82, 2.24) is 10.2 Å². The minimum Gasteiger partial charge on any atom is -0.392 e. The fourth-order valence-electron chi connectivity index (χ4n) is 1.10. The Bertz CT molecular complexity index is 279. The van der Waals surface area contributed by atoms with Gasteiger partial charge in [0.05, 0.1) is 6.10 Å². The molecule has 1 aromatic rings. The number of hydrogen-bond acceptors (Lipinski definition) is 6. The first-order valence-electron chi connectivity index (χ1n) is 4.33. The van der Waals surface area contributed by atoms with Gasteiger partial charge in [-0.05, 0) is 19.1 Å². The van der Waals surface area contributed by atoms with E-state index in [0.717, 1.165) is 0 Å². The lowest BCUT2D eigenvalue weighted by atomic mass is 10.3. The molecule has 1 rings (SSSR count). The van der Waals surface area contributed by atoms with Gasteiger partial charge in [0.15, 0.2) is 11.6 Å². The van der Waals surface area contributed by atoms with E-state index >= 15 is 0 Å². The van der Waals surface area contributed by atoms with E-state index in [0.29, 0.717) is 18.2 Å². The highest BCUT2D eigenvalue weighted by atomic mass is 35.5. The molecule has 0 aliphatic heterocycles. The van der Waals surface area contributed by atoms with E-state index in [9.17, 15) is 0 Å². The Labute approximate surface area is 94.9 Å². The predicted molar refractivity (Wildman–Crippen MR) is 62.0 cm³/mol. The van der Waals surface area contributed by atoms with E-state index in [1.54, 1.807) is 19.1 Å². The summed E-state index contributed by atoms with van der Waals surface area (Å²) in [5.74, 6) is 6.36. The zero-order valence-corrected chi connectivity index (χ0v) is 9.53. The van der Waals surface area contributed by atoms with Gasteiger partial charge >= 0.3 is 0 Å². The molecule has 1 aromatic heterocycles. The summed E-state index contributed by atoms with van der Waals surface area (Å²) in [6.45, 7) is 2.24. The summed E-state index contributed by atoms with van der Waals surface area (Å²) < 4.78 is 0. The Morgan fingerprint density at radius 3 is 2.60 bits per heavy atom. The molecule has 0 aromatic carbocycles. The van der Waals surface area contributed by atoms with Crippen LogP contribution in [0.2, 0.25) is 0 Å². The van der Waals surface area contributed by atoms with Crippen molar-refractivity contribution in [2.24, 2.45) is 5.84 Å². The number of nitrogens with one attached hydrogen (secondary N) is 1. The van der Waals surface area contributed by atoms with Gasteiger partial charge in [-0.2, -0.15) is 0 Å². The Balaban J connectivity index is 0.00000196. The van der Waals surface area contributed by atoms with E-state index in [2.05, 4.69) is 15.6 Å². The van der Waals surface area contributed by atoms with E-state index in [4.69, 9.17) is 10.9 Å². The van der Waals surface area contributed by atoms with Crippen LogP contribution in [0.25, 0.3) is 0 Å². The van der Waals surface area contributed by atoms with Crippen LogP contribution in [-0.2, 0) is 0 Å². The van der Waals surface area contributed by atoms with Crippen LogP contribution in [0.5, 0.6) is 0 Å². The molecule has 0 aliphatic carbocycles. The first kappa shape index (κ1) is 13.9. The molecule has 0 spiro atoms. The Morgan fingerprint density at radius 1 is 1.53 bits per heavy atom. The van der Waals surface area contributed by atoms with Crippen molar-refractivity contribution in [3.8, 4) is 0 Å². The molecule has 0 amide bonds. The maximum absolute atomic E-state index is 9.16. The van der Waals surface area contributed by atoms with Gasteiger partial charge in [-0.1, -0.05) is 0 Å². The van der Waals surface area contributed by atoms with E-state index in [1.165, 1.54) is 0 Å². The number of likely N-dealkylation sites (N-methyl/N-ethyl adjacent to an activating group) is 1. The highest BCUT2D eigenvalue weighted by Crippen LogP contribution is 2.09. The molecule has 1 atom stereocenters. The van der Waals surface area contributed by atoms with Crippen LogP contribution in [0.4, 0.5) is 11.6 Å². The largest absolute Gasteiger partial charge is 0.392 e. The SMILES string of the molecule is CC(O)CN(C)c1ccc(NN)nn1.Cl. The second kappa shape index (κ2) is 6.39. The van der Waals surface area contributed by atoms with E-state index in [1.807, 2.05) is 11.9 Å². The van der Waals surface area contributed by atoms with Crippen LogP contribution in [0, 0.1) is 0 Å².